The molecule has 0 aromatic carbocycles. The molecule has 3 heteroatoms. The number of rotatable bonds is 3. The minimum Gasteiger partial charge on any atom is -0.466 e. The van der Waals surface area contributed by atoms with Crippen molar-refractivity contribution in [3.8, 4) is 0 Å². The number of carbonyl (C=O) groups excluding carboxylic acids is 1. The number of ether oxygens (including phenoxy) is 1. The van der Waals surface area contributed by atoms with E-state index in [1.807, 2.05) is 6.08 Å². The van der Waals surface area contributed by atoms with Crippen LogP contribution >= 0.6 is 0 Å². The van der Waals surface area contributed by atoms with E-state index in [2.05, 4.69) is 16.7 Å². The van der Waals surface area contributed by atoms with Crippen molar-refractivity contribution in [1.29, 1.82) is 0 Å². The predicted octanol–water partition coefficient (Wildman–Crippen LogP) is 1.59. The van der Waals surface area contributed by atoms with E-state index in [0.717, 1.165) is 6.42 Å². The Kier molecular flexibility index (Phi) is 4.66. The van der Waals surface area contributed by atoms with E-state index >= 15 is 0 Å². The molecule has 0 aliphatic carbocycles. The molecule has 0 spiro atoms. The van der Waals surface area contributed by atoms with Crippen molar-refractivity contribution in [2.24, 2.45) is 0 Å². The summed E-state index contributed by atoms with van der Waals surface area (Å²) in [6, 6.07) is 0.602. The van der Waals surface area contributed by atoms with Crippen LogP contribution in [-0.2, 0) is 9.53 Å². The molecule has 1 fully saturated rings. The first-order valence-electron chi connectivity index (χ1n) is 5.18. The predicted molar refractivity (Wildman–Crippen MR) is 56.0 cm³/mol. The number of likely N-dealkylation sites (tertiary alicyclic amines) is 1. The zero-order chi connectivity index (χ0) is 10.4. The normalized spacial score (nSPS) is 24.0. The Morgan fingerprint density at radius 3 is 3.00 bits per heavy atom. The van der Waals surface area contributed by atoms with Gasteiger partial charge in [0, 0.05) is 12.1 Å². The average Bonchev–Trinajstić information content (AvgIpc) is 2.20. The van der Waals surface area contributed by atoms with Crippen molar-refractivity contribution < 1.29 is 9.53 Å². The summed E-state index contributed by atoms with van der Waals surface area (Å²) in [7, 11) is 3.55. The Hall–Kier alpha value is -0.830. The summed E-state index contributed by atoms with van der Waals surface area (Å²) in [6.45, 7) is 1.18. The van der Waals surface area contributed by atoms with Crippen molar-refractivity contribution in [2.75, 3.05) is 20.7 Å². The van der Waals surface area contributed by atoms with Crippen LogP contribution in [0.2, 0.25) is 0 Å². The lowest BCUT2D eigenvalue weighted by molar-refractivity contribution is -0.134. The van der Waals surface area contributed by atoms with Gasteiger partial charge in [0.25, 0.3) is 0 Å². The van der Waals surface area contributed by atoms with Gasteiger partial charge in [-0.1, -0.05) is 12.5 Å². The highest BCUT2D eigenvalue weighted by atomic mass is 16.5. The number of nitrogens with zero attached hydrogens (tertiary/aromatic N) is 1. The summed E-state index contributed by atoms with van der Waals surface area (Å²) in [5.41, 5.74) is 0. The second kappa shape index (κ2) is 5.81. The summed E-state index contributed by atoms with van der Waals surface area (Å²) in [4.78, 5) is 13.2. The van der Waals surface area contributed by atoms with Gasteiger partial charge in [0.2, 0.25) is 0 Å². The van der Waals surface area contributed by atoms with Crippen LogP contribution in [0.3, 0.4) is 0 Å². The van der Waals surface area contributed by atoms with Crippen molar-refractivity contribution in [3.63, 3.8) is 0 Å². The van der Waals surface area contributed by atoms with Crippen LogP contribution in [-0.4, -0.2) is 37.6 Å². The maximum Gasteiger partial charge on any atom is 0.330 e. The van der Waals surface area contributed by atoms with Gasteiger partial charge in [-0.05, 0) is 32.9 Å². The molecule has 14 heavy (non-hydrogen) atoms. The number of hydrogen-bond acceptors (Lipinski definition) is 3. The van der Waals surface area contributed by atoms with Crippen LogP contribution < -0.4 is 0 Å². The third-order valence-electron chi connectivity index (χ3n) is 2.78. The van der Waals surface area contributed by atoms with E-state index in [9.17, 15) is 4.79 Å². The Morgan fingerprint density at radius 2 is 2.36 bits per heavy atom. The maximum absolute atomic E-state index is 10.8. The molecule has 1 unspecified atom stereocenters. The summed E-state index contributed by atoms with van der Waals surface area (Å²) >= 11 is 0. The molecule has 0 aromatic rings. The highest BCUT2D eigenvalue weighted by molar-refractivity contribution is 5.81. The summed E-state index contributed by atoms with van der Waals surface area (Å²) in [6.07, 6.45) is 8.23. The van der Waals surface area contributed by atoms with Crippen LogP contribution in [0.4, 0.5) is 0 Å². The molecule has 0 aromatic heterocycles. The third-order valence-corrected chi connectivity index (χ3v) is 2.78. The van der Waals surface area contributed by atoms with Gasteiger partial charge in [0.1, 0.15) is 0 Å². The standard InChI is InChI=1S/C11H19NO2/c1-12-9-4-3-6-10(12)7-5-8-11(13)14-2/h5,8,10H,3-4,6-7,9H2,1-2H3/b8-5-. The molecule has 1 aliphatic heterocycles. The van der Waals surface area contributed by atoms with Crippen LogP contribution in [0.25, 0.3) is 0 Å². The topological polar surface area (TPSA) is 29.5 Å². The zero-order valence-electron chi connectivity index (χ0n) is 9.03. The fourth-order valence-electron chi connectivity index (χ4n) is 1.83. The van der Waals surface area contributed by atoms with Crippen LogP contribution in [0.1, 0.15) is 25.7 Å². The Morgan fingerprint density at radius 1 is 1.57 bits per heavy atom. The molecule has 80 valence electrons. The molecule has 0 saturated carbocycles. The largest absolute Gasteiger partial charge is 0.466 e. The second-order valence-electron chi connectivity index (χ2n) is 3.79. The quantitative estimate of drug-likeness (QED) is 0.508. The smallest absolute Gasteiger partial charge is 0.330 e. The van der Waals surface area contributed by atoms with Crippen molar-refractivity contribution in [1.82, 2.24) is 4.90 Å². The van der Waals surface area contributed by atoms with Crippen molar-refractivity contribution in [3.05, 3.63) is 12.2 Å². The molecule has 1 aliphatic rings. The lowest BCUT2D eigenvalue weighted by Gasteiger charge is -2.31. The van der Waals surface area contributed by atoms with Crippen LogP contribution in [0.5, 0.6) is 0 Å². The summed E-state index contributed by atoms with van der Waals surface area (Å²) in [5.74, 6) is -0.261. The number of carbonyl (C=O) groups is 1. The average molecular weight is 197 g/mol. The summed E-state index contributed by atoms with van der Waals surface area (Å²) in [5, 5.41) is 0. The Labute approximate surface area is 85.7 Å². The number of esters is 1. The highest BCUT2D eigenvalue weighted by Crippen LogP contribution is 2.17. The first-order chi connectivity index (χ1) is 6.74. The maximum atomic E-state index is 10.8. The van der Waals surface area contributed by atoms with Gasteiger partial charge >= 0.3 is 5.97 Å². The molecule has 1 atom stereocenters. The monoisotopic (exact) mass is 197 g/mol. The third kappa shape index (κ3) is 3.50. The minimum absolute atomic E-state index is 0.261. The number of methoxy groups -OCH3 is 1. The molecule has 0 bridgehead atoms. The van der Waals surface area contributed by atoms with Crippen LogP contribution in [0, 0.1) is 0 Å². The molecular weight excluding hydrogens is 178 g/mol. The van der Waals surface area contributed by atoms with E-state index < -0.39 is 0 Å². The molecule has 0 radical (unpaired) electrons. The van der Waals surface area contributed by atoms with Gasteiger partial charge in [0.05, 0.1) is 7.11 Å². The fraction of sp³-hybridized carbons (Fsp3) is 0.727. The molecule has 1 heterocycles. The SMILES string of the molecule is COC(=O)/C=C\CC1CCCCN1C. The zero-order valence-corrected chi connectivity index (χ0v) is 9.03. The fourth-order valence-corrected chi connectivity index (χ4v) is 1.83. The van der Waals surface area contributed by atoms with Gasteiger partial charge in [0.15, 0.2) is 0 Å². The minimum atomic E-state index is -0.261. The van der Waals surface area contributed by atoms with Crippen molar-refractivity contribution >= 4 is 5.97 Å². The van der Waals surface area contributed by atoms with Gasteiger partial charge in [-0.25, -0.2) is 4.79 Å². The van der Waals surface area contributed by atoms with Gasteiger partial charge in [-0.2, -0.15) is 0 Å². The lowest BCUT2D eigenvalue weighted by Crippen LogP contribution is -2.35. The molecular formula is C11H19NO2. The van der Waals surface area contributed by atoms with Gasteiger partial charge < -0.3 is 9.64 Å². The van der Waals surface area contributed by atoms with E-state index in [0.29, 0.717) is 6.04 Å². The highest BCUT2D eigenvalue weighted by Gasteiger charge is 2.16. The molecule has 3 nitrogen and oxygen atoms in total. The van der Waals surface area contributed by atoms with E-state index in [1.165, 1.54) is 39.0 Å². The van der Waals surface area contributed by atoms with E-state index in [1.54, 1.807) is 0 Å². The van der Waals surface area contributed by atoms with E-state index in [-0.39, 0.29) is 5.97 Å². The first kappa shape index (κ1) is 11.2. The van der Waals surface area contributed by atoms with Crippen LogP contribution in [0.15, 0.2) is 12.2 Å². The van der Waals surface area contributed by atoms with Gasteiger partial charge in [-0.15, -0.1) is 0 Å². The molecule has 0 N–H and O–H groups in total. The number of piperidine rings is 1. The number of hydrogen-bond donors (Lipinski definition) is 0. The molecule has 1 saturated heterocycles. The first-order valence-corrected chi connectivity index (χ1v) is 5.18. The lowest BCUT2D eigenvalue weighted by atomic mass is 10.00. The van der Waals surface area contributed by atoms with E-state index in [4.69, 9.17) is 0 Å². The Bertz CT molecular complexity index is 213. The summed E-state index contributed by atoms with van der Waals surface area (Å²) < 4.78 is 4.53. The molecule has 1 rings (SSSR count). The van der Waals surface area contributed by atoms with Crippen molar-refractivity contribution in [2.45, 2.75) is 31.7 Å². The Balaban J connectivity index is 2.28. The second-order valence-corrected chi connectivity index (χ2v) is 3.79. The molecule has 0 amide bonds. The van der Waals surface area contributed by atoms with Gasteiger partial charge in [-0.3, -0.25) is 0 Å².